The summed E-state index contributed by atoms with van der Waals surface area (Å²) < 4.78 is 35.0. The summed E-state index contributed by atoms with van der Waals surface area (Å²) in [6.07, 6.45) is 61.3. The molecule has 348 valence electrons. The van der Waals surface area contributed by atoms with Crippen molar-refractivity contribution in [2.45, 2.75) is 161 Å². The van der Waals surface area contributed by atoms with Crippen molar-refractivity contribution in [3.05, 3.63) is 109 Å². The van der Waals surface area contributed by atoms with Crippen LogP contribution in [-0.4, -0.2) is 75.6 Å². The number of phosphoric ester groups is 1. The predicted molar refractivity (Wildman–Crippen MR) is 261 cm³/mol. The van der Waals surface area contributed by atoms with Gasteiger partial charge in [0.25, 0.3) is 0 Å². The normalized spacial score (nSPS) is 14.7. The van der Waals surface area contributed by atoms with Gasteiger partial charge in [-0.2, -0.15) is 0 Å². The van der Waals surface area contributed by atoms with Crippen molar-refractivity contribution in [2.24, 2.45) is 0 Å². The summed E-state index contributed by atoms with van der Waals surface area (Å²) in [5.41, 5.74) is 0. The topological polar surface area (TPSA) is 91.3 Å². The molecule has 0 aromatic carbocycles. The largest absolute Gasteiger partial charge is 0.472 e. The molecule has 2 unspecified atom stereocenters. The van der Waals surface area contributed by atoms with Crippen LogP contribution < -0.4 is 0 Å². The van der Waals surface area contributed by atoms with Crippen LogP contribution in [0.2, 0.25) is 0 Å². The lowest BCUT2D eigenvalue weighted by atomic mass is 10.1. The Morgan fingerprint density at radius 3 is 1.43 bits per heavy atom. The van der Waals surface area contributed by atoms with Gasteiger partial charge in [-0.25, -0.2) is 4.57 Å². The molecule has 0 aliphatic carbocycles. The molecule has 0 fully saturated rings. The van der Waals surface area contributed by atoms with Crippen molar-refractivity contribution >= 4 is 13.8 Å². The summed E-state index contributed by atoms with van der Waals surface area (Å²) in [5.74, 6) is -0.344. The zero-order valence-electron chi connectivity index (χ0n) is 39.4. The average Bonchev–Trinajstić information content (AvgIpc) is 3.22. The Labute approximate surface area is 374 Å². The number of hydrogen-bond acceptors (Lipinski definition) is 6. The Morgan fingerprint density at radius 2 is 0.951 bits per heavy atom. The Kier molecular flexibility index (Phi) is 41.8. The molecule has 0 spiro atoms. The van der Waals surface area contributed by atoms with E-state index >= 15 is 0 Å². The van der Waals surface area contributed by atoms with Gasteiger partial charge in [0.05, 0.1) is 34.4 Å². The fraction of sp³-hybridized carbons (Fsp3) is 0.635. The highest BCUT2D eigenvalue weighted by Crippen LogP contribution is 2.43. The number of ether oxygens (including phenoxy) is 2. The second-order valence-electron chi connectivity index (χ2n) is 16.4. The molecule has 0 heterocycles. The number of carbonyl (C=O) groups is 1. The Bertz CT molecular complexity index is 1340. The highest BCUT2D eigenvalue weighted by Gasteiger charge is 2.26. The number of phosphoric acid groups is 1. The van der Waals surface area contributed by atoms with Gasteiger partial charge in [-0.1, -0.05) is 162 Å². The van der Waals surface area contributed by atoms with E-state index in [1.165, 1.54) is 6.42 Å². The van der Waals surface area contributed by atoms with Gasteiger partial charge in [0.1, 0.15) is 19.3 Å². The number of quaternary nitrogens is 1. The number of unbranched alkanes of at least 4 members (excludes halogenated alkanes) is 10. The zero-order chi connectivity index (χ0) is 44.8. The first-order valence-corrected chi connectivity index (χ1v) is 25.1. The first kappa shape index (κ1) is 58.2. The number of nitrogens with zero attached hydrogens (tertiary/aromatic N) is 1. The van der Waals surface area contributed by atoms with Crippen LogP contribution in [0.15, 0.2) is 109 Å². The quantitative estimate of drug-likeness (QED) is 0.0215. The first-order valence-electron chi connectivity index (χ1n) is 23.6. The van der Waals surface area contributed by atoms with Crippen molar-refractivity contribution in [3.63, 3.8) is 0 Å². The summed E-state index contributed by atoms with van der Waals surface area (Å²) in [4.78, 5) is 22.9. The molecule has 0 aliphatic rings. The molecule has 0 radical (unpaired) electrons. The molecule has 0 saturated heterocycles. The van der Waals surface area contributed by atoms with Crippen LogP contribution in [0.25, 0.3) is 0 Å². The summed E-state index contributed by atoms with van der Waals surface area (Å²) in [7, 11) is 1.62. The van der Waals surface area contributed by atoms with Gasteiger partial charge in [-0.3, -0.25) is 13.8 Å². The molecule has 0 amide bonds. The van der Waals surface area contributed by atoms with Gasteiger partial charge >= 0.3 is 13.8 Å². The van der Waals surface area contributed by atoms with Gasteiger partial charge in [0.15, 0.2) is 0 Å². The Hall–Kier alpha value is -2.84. The van der Waals surface area contributed by atoms with Crippen molar-refractivity contribution in [2.75, 3.05) is 54.1 Å². The molecule has 0 aromatic rings. The molecule has 61 heavy (non-hydrogen) atoms. The SMILES string of the molecule is CC/C=C\C/C=C\C/C=C\C/C=C\C/C=C\C/C=C\C/C=C\CCCCCCOCC(COP(=O)(O)OCC[N+](C)(C)C)OC(=O)CCCCCCC/C=C\C/C=C\CCC. The maximum Gasteiger partial charge on any atom is 0.472 e. The second-order valence-corrected chi connectivity index (χ2v) is 17.9. The van der Waals surface area contributed by atoms with Crippen molar-refractivity contribution in [3.8, 4) is 0 Å². The summed E-state index contributed by atoms with van der Waals surface area (Å²) in [5, 5.41) is 0. The molecule has 2 atom stereocenters. The van der Waals surface area contributed by atoms with Crippen LogP contribution in [0.5, 0.6) is 0 Å². The lowest BCUT2D eigenvalue weighted by molar-refractivity contribution is -0.870. The van der Waals surface area contributed by atoms with Crippen LogP contribution in [0.4, 0.5) is 0 Å². The summed E-state index contributed by atoms with van der Waals surface area (Å²) >= 11 is 0. The monoisotopic (exact) mass is 871 g/mol. The van der Waals surface area contributed by atoms with E-state index in [1.54, 1.807) is 0 Å². The third kappa shape index (κ3) is 48.1. The predicted octanol–water partition coefficient (Wildman–Crippen LogP) is 14.4. The molecule has 0 rings (SSSR count). The number of carbonyl (C=O) groups excluding carboxylic acids is 1. The Balaban J connectivity index is 4.26. The summed E-state index contributed by atoms with van der Waals surface area (Å²) in [6, 6.07) is 0. The number of rotatable bonds is 42. The fourth-order valence-electron chi connectivity index (χ4n) is 5.69. The Morgan fingerprint density at radius 1 is 0.525 bits per heavy atom. The molecule has 0 bridgehead atoms. The van der Waals surface area contributed by atoms with Crippen LogP contribution >= 0.6 is 7.82 Å². The zero-order valence-corrected chi connectivity index (χ0v) is 40.2. The fourth-order valence-corrected chi connectivity index (χ4v) is 6.43. The van der Waals surface area contributed by atoms with E-state index in [0.717, 1.165) is 128 Å². The second kappa shape index (κ2) is 43.8. The van der Waals surface area contributed by atoms with Crippen molar-refractivity contribution in [1.82, 2.24) is 0 Å². The van der Waals surface area contributed by atoms with Gasteiger partial charge < -0.3 is 18.9 Å². The van der Waals surface area contributed by atoms with E-state index in [9.17, 15) is 14.3 Å². The summed E-state index contributed by atoms with van der Waals surface area (Å²) in [6.45, 7) is 5.32. The van der Waals surface area contributed by atoms with Gasteiger partial charge in [0, 0.05) is 13.0 Å². The van der Waals surface area contributed by atoms with E-state index < -0.39 is 13.9 Å². The maximum absolute atomic E-state index is 12.7. The third-order valence-corrected chi connectivity index (χ3v) is 10.3. The third-order valence-electron chi connectivity index (χ3n) is 9.30. The molecule has 8 nitrogen and oxygen atoms in total. The number of esters is 1. The van der Waals surface area contributed by atoms with Crippen LogP contribution in [-0.2, 0) is 27.9 Å². The molecule has 9 heteroatoms. The standard InChI is InChI=1S/C52H88NO7P/c1-6-8-10-12-14-16-18-20-21-22-23-24-25-26-27-28-29-30-31-32-34-36-38-40-42-44-47-57-49-51(50-59-61(55,56)58-48-46-53(3,4)5)60-52(54)45-43-41-39-37-35-33-19-17-15-13-11-9-7-2/h8,10-11,13-14,16-17,19-21,23-24,26-27,29-30,32,34,51H,6-7,9,12,15,18,22,25,28,31,33,35-50H2,1-5H3/p+1/b10-8-,13-11-,16-14-,19-17-,21-20-,24-23-,27-26-,30-29-,34-32-. The molecule has 0 aliphatic heterocycles. The minimum absolute atomic E-state index is 0.0736. The van der Waals surface area contributed by atoms with Crippen LogP contribution in [0.3, 0.4) is 0 Å². The van der Waals surface area contributed by atoms with E-state index in [1.807, 2.05) is 21.1 Å². The lowest BCUT2D eigenvalue weighted by Gasteiger charge is -2.24. The van der Waals surface area contributed by atoms with Gasteiger partial charge in [-0.05, 0) is 96.3 Å². The lowest BCUT2D eigenvalue weighted by Crippen LogP contribution is -2.37. The number of likely N-dealkylation sites (N-methyl/N-ethyl adjacent to an activating group) is 1. The molecule has 1 N–H and O–H groups in total. The smallest absolute Gasteiger partial charge is 0.457 e. The maximum atomic E-state index is 12.7. The van der Waals surface area contributed by atoms with Crippen LogP contribution in [0, 0.1) is 0 Å². The molecular formula is C52H89NO7P+. The van der Waals surface area contributed by atoms with Crippen LogP contribution in [0.1, 0.15) is 155 Å². The van der Waals surface area contributed by atoms with E-state index in [4.69, 9.17) is 18.5 Å². The van der Waals surface area contributed by atoms with E-state index in [0.29, 0.717) is 24.1 Å². The molecular weight excluding hydrogens is 782 g/mol. The van der Waals surface area contributed by atoms with Gasteiger partial charge in [0.2, 0.25) is 0 Å². The number of allylic oxidation sites excluding steroid dienone is 18. The highest BCUT2D eigenvalue weighted by atomic mass is 31.2. The van der Waals surface area contributed by atoms with E-state index in [2.05, 4.69) is 123 Å². The van der Waals surface area contributed by atoms with E-state index in [-0.39, 0.29) is 25.8 Å². The minimum atomic E-state index is -4.30. The first-order chi connectivity index (χ1) is 29.6. The molecule has 0 saturated carbocycles. The molecule has 0 aromatic heterocycles. The average molecular weight is 871 g/mol. The minimum Gasteiger partial charge on any atom is -0.457 e. The highest BCUT2D eigenvalue weighted by molar-refractivity contribution is 7.47. The van der Waals surface area contributed by atoms with Gasteiger partial charge in [-0.15, -0.1) is 0 Å². The van der Waals surface area contributed by atoms with Crippen molar-refractivity contribution < 1.29 is 37.3 Å². The van der Waals surface area contributed by atoms with Crippen molar-refractivity contribution in [1.29, 1.82) is 0 Å². The number of hydrogen-bond donors (Lipinski definition) is 1.